The lowest BCUT2D eigenvalue weighted by atomic mass is 10.1. The summed E-state index contributed by atoms with van der Waals surface area (Å²) in [6.07, 6.45) is 0. The standard InChI is InChI=1S/C17H24N2O4/c1-5-19(10-9-18)17(20)13-11-14(21-6-2)16(23-8-4)15(12-13)22-7-3/h11-12H,5-8,10H2,1-4H3. The molecule has 1 aromatic rings. The molecule has 0 bridgehead atoms. The Balaban J connectivity index is 3.32. The molecule has 0 spiro atoms. The second-order valence-corrected chi connectivity index (χ2v) is 4.58. The summed E-state index contributed by atoms with van der Waals surface area (Å²) in [5.41, 5.74) is 0.414. The number of nitriles is 1. The van der Waals surface area contributed by atoms with Crippen LogP contribution in [0.4, 0.5) is 0 Å². The lowest BCUT2D eigenvalue weighted by Gasteiger charge is -2.20. The highest BCUT2D eigenvalue weighted by Gasteiger charge is 2.21. The Hall–Kier alpha value is -2.42. The van der Waals surface area contributed by atoms with E-state index in [1.54, 1.807) is 12.1 Å². The summed E-state index contributed by atoms with van der Waals surface area (Å²) in [6.45, 7) is 9.26. The monoisotopic (exact) mass is 320 g/mol. The van der Waals surface area contributed by atoms with Gasteiger partial charge in [-0.3, -0.25) is 4.79 Å². The SMILES string of the molecule is CCOc1cc(C(=O)N(CC)CC#N)cc(OCC)c1OCC. The Bertz CT molecular complexity index is 539. The number of nitrogens with zero attached hydrogens (tertiary/aromatic N) is 2. The highest BCUT2D eigenvalue weighted by molar-refractivity contribution is 5.95. The summed E-state index contributed by atoms with van der Waals surface area (Å²) in [5.74, 6) is 1.20. The molecule has 0 fully saturated rings. The second-order valence-electron chi connectivity index (χ2n) is 4.58. The van der Waals surface area contributed by atoms with E-state index in [-0.39, 0.29) is 12.5 Å². The van der Waals surface area contributed by atoms with E-state index in [2.05, 4.69) is 0 Å². The maximum atomic E-state index is 12.6. The molecule has 0 heterocycles. The van der Waals surface area contributed by atoms with Crippen molar-refractivity contribution in [1.29, 1.82) is 5.26 Å². The lowest BCUT2D eigenvalue weighted by molar-refractivity contribution is 0.0783. The van der Waals surface area contributed by atoms with Crippen LogP contribution < -0.4 is 14.2 Å². The maximum Gasteiger partial charge on any atom is 0.254 e. The van der Waals surface area contributed by atoms with E-state index < -0.39 is 0 Å². The first-order chi connectivity index (χ1) is 11.1. The number of ether oxygens (including phenoxy) is 3. The molecule has 1 aromatic carbocycles. The van der Waals surface area contributed by atoms with Gasteiger partial charge in [0.15, 0.2) is 11.5 Å². The molecule has 0 saturated carbocycles. The van der Waals surface area contributed by atoms with Gasteiger partial charge >= 0.3 is 0 Å². The molecule has 1 amide bonds. The third-order valence-electron chi connectivity index (χ3n) is 3.09. The number of carbonyl (C=O) groups excluding carboxylic acids is 1. The normalized spacial score (nSPS) is 9.87. The van der Waals surface area contributed by atoms with Gasteiger partial charge in [-0.15, -0.1) is 0 Å². The molecule has 0 atom stereocenters. The highest BCUT2D eigenvalue weighted by Crippen LogP contribution is 2.39. The fourth-order valence-corrected chi connectivity index (χ4v) is 2.11. The van der Waals surface area contributed by atoms with Gasteiger partial charge in [0.1, 0.15) is 6.54 Å². The molecular formula is C17H24N2O4. The van der Waals surface area contributed by atoms with Gasteiger partial charge in [-0.05, 0) is 39.8 Å². The third-order valence-corrected chi connectivity index (χ3v) is 3.09. The Labute approximate surface area is 137 Å². The molecule has 0 radical (unpaired) electrons. The van der Waals surface area contributed by atoms with Crippen LogP contribution in [0, 0.1) is 11.3 Å². The minimum absolute atomic E-state index is 0.0382. The van der Waals surface area contributed by atoms with Crippen molar-refractivity contribution in [3.63, 3.8) is 0 Å². The van der Waals surface area contributed by atoms with E-state index in [0.29, 0.717) is 49.2 Å². The molecule has 0 aromatic heterocycles. The molecule has 0 saturated heterocycles. The van der Waals surface area contributed by atoms with Crippen molar-refractivity contribution in [2.45, 2.75) is 27.7 Å². The fraction of sp³-hybridized carbons (Fsp3) is 0.529. The number of amides is 1. The van der Waals surface area contributed by atoms with E-state index in [9.17, 15) is 4.79 Å². The molecule has 0 aliphatic rings. The van der Waals surface area contributed by atoms with Crippen molar-refractivity contribution in [3.8, 4) is 23.3 Å². The second kappa shape index (κ2) is 9.57. The fourth-order valence-electron chi connectivity index (χ4n) is 2.11. The van der Waals surface area contributed by atoms with Crippen LogP contribution in [0.1, 0.15) is 38.1 Å². The van der Waals surface area contributed by atoms with E-state index in [0.717, 1.165) is 0 Å². The average molecular weight is 320 g/mol. The van der Waals surface area contributed by atoms with Crippen LogP contribution in [0.2, 0.25) is 0 Å². The summed E-state index contributed by atoms with van der Waals surface area (Å²) in [4.78, 5) is 14.0. The van der Waals surface area contributed by atoms with Gasteiger partial charge in [-0.1, -0.05) is 0 Å². The Morgan fingerprint density at radius 3 is 1.96 bits per heavy atom. The molecule has 0 unspecified atom stereocenters. The van der Waals surface area contributed by atoms with Gasteiger partial charge < -0.3 is 19.1 Å². The molecule has 1 rings (SSSR count). The van der Waals surface area contributed by atoms with Gasteiger partial charge in [-0.2, -0.15) is 5.26 Å². The summed E-state index contributed by atoms with van der Waals surface area (Å²) in [7, 11) is 0. The van der Waals surface area contributed by atoms with E-state index in [1.807, 2.05) is 33.8 Å². The number of rotatable bonds is 9. The quantitative estimate of drug-likeness (QED) is 0.654. The van der Waals surface area contributed by atoms with Gasteiger partial charge in [0, 0.05) is 12.1 Å². The molecular weight excluding hydrogens is 296 g/mol. The summed E-state index contributed by atoms with van der Waals surface area (Å²) >= 11 is 0. The van der Waals surface area contributed by atoms with Crippen LogP contribution in [0.5, 0.6) is 17.2 Å². The van der Waals surface area contributed by atoms with E-state index in [1.165, 1.54) is 4.90 Å². The smallest absolute Gasteiger partial charge is 0.254 e. The lowest BCUT2D eigenvalue weighted by Crippen LogP contribution is -2.31. The third kappa shape index (κ3) is 4.78. The molecule has 6 heteroatoms. The molecule has 6 nitrogen and oxygen atoms in total. The first-order valence-corrected chi connectivity index (χ1v) is 7.85. The number of hydrogen-bond acceptors (Lipinski definition) is 5. The Morgan fingerprint density at radius 2 is 1.57 bits per heavy atom. The van der Waals surface area contributed by atoms with Crippen LogP contribution in [-0.2, 0) is 0 Å². The highest BCUT2D eigenvalue weighted by atomic mass is 16.5. The van der Waals surface area contributed by atoms with Gasteiger partial charge in [0.05, 0.1) is 25.9 Å². The van der Waals surface area contributed by atoms with Gasteiger partial charge in [0.2, 0.25) is 5.75 Å². The zero-order valence-corrected chi connectivity index (χ0v) is 14.2. The number of carbonyl (C=O) groups is 1. The first-order valence-electron chi connectivity index (χ1n) is 7.85. The van der Waals surface area contributed by atoms with Gasteiger partial charge in [-0.25, -0.2) is 0 Å². The van der Waals surface area contributed by atoms with E-state index in [4.69, 9.17) is 19.5 Å². The van der Waals surface area contributed by atoms with Crippen molar-refractivity contribution < 1.29 is 19.0 Å². The maximum absolute atomic E-state index is 12.6. The van der Waals surface area contributed by atoms with Crippen LogP contribution in [0.3, 0.4) is 0 Å². The summed E-state index contributed by atoms with van der Waals surface area (Å²) in [5, 5.41) is 8.84. The number of hydrogen-bond donors (Lipinski definition) is 0. The molecule has 126 valence electrons. The average Bonchev–Trinajstić information content (AvgIpc) is 2.55. The first kappa shape index (κ1) is 18.6. The van der Waals surface area contributed by atoms with Crippen molar-refractivity contribution >= 4 is 5.91 Å². The summed E-state index contributed by atoms with van der Waals surface area (Å²) in [6, 6.07) is 5.28. The Kier molecular flexibility index (Phi) is 7.75. The van der Waals surface area contributed by atoms with Crippen LogP contribution in [-0.4, -0.2) is 43.7 Å². The molecule has 0 aliphatic carbocycles. The molecule has 23 heavy (non-hydrogen) atoms. The minimum atomic E-state index is -0.237. The van der Waals surface area contributed by atoms with Crippen molar-refractivity contribution in [2.75, 3.05) is 32.9 Å². The minimum Gasteiger partial charge on any atom is -0.490 e. The van der Waals surface area contributed by atoms with Crippen LogP contribution in [0.25, 0.3) is 0 Å². The topological polar surface area (TPSA) is 71.8 Å². The number of benzene rings is 1. The van der Waals surface area contributed by atoms with E-state index >= 15 is 0 Å². The zero-order chi connectivity index (χ0) is 17.2. The van der Waals surface area contributed by atoms with Crippen molar-refractivity contribution in [2.24, 2.45) is 0 Å². The largest absolute Gasteiger partial charge is 0.490 e. The van der Waals surface area contributed by atoms with Crippen molar-refractivity contribution in [3.05, 3.63) is 17.7 Å². The van der Waals surface area contributed by atoms with Gasteiger partial charge in [0.25, 0.3) is 5.91 Å². The van der Waals surface area contributed by atoms with Crippen LogP contribution in [0.15, 0.2) is 12.1 Å². The summed E-state index contributed by atoms with van der Waals surface area (Å²) < 4.78 is 16.8. The molecule has 0 aliphatic heterocycles. The predicted molar refractivity (Wildman–Crippen MR) is 87.1 cm³/mol. The Morgan fingerprint density at radius 1 is 1.04 bits per heavy atom. The van der Waals surface area contributed by atoms with Crippen molar-refractivity contribution in [1.82, 2.24) is 4.90 Å². The zero-order valence-electron chi connectivity index (χ0n) is 14.2. The predicted octanol–water partition coefficient (Wildman–Crippen LogP) is 2.87. The molecule has 0 N–H and O–H groups in total. The van der Waals surface area contributed by atoms with Crippen LogP contribution >= 0.6 is 0 Å².